The van der Waals surface area contributed by atoms with E-state index < -0.39 is 180 Å². The summed E-state index contributed by atoms with van der Waals surface area (Å²) in [5.41, 5.74) is 41.9. The molecule has 49 heteroatoms. The molecule has 19 rings (SSSR count). The van der Waals surface area contributed by atoms with Gasteiger partial charge in [0.1, 0.15) is 98.5 Å². The number of pyridine rings is 6. The number of aliphatic hydroxyl groups excluding tert-OH is 7. The van der Waals surface area contributed by atoms with Crippen molar-refractivity contribution >= 4 is 192 Å². The van der Waals surface area contributed by atoms with Crippen LogP contribution in [0.3, 0.4) is 0 Å². The van der Waals surface area contributed by atoms with Crippen LogP contribution >= 0.6 is 52.9 Å². The van der Waals surface area contributed by atoms with E-state index in [1.54, 1.807) is 113 Å². The molecule has 7 saturated heterocycles. The summed E-state index contributed by atoms with van der Waals surface area (Å²) in [7, 11) is 0. The summed E-state index contributed by atoms with van der Waals surface area (Å²) in [5.74, 6) is -2.45. The van der Waals surface area contributed by atoms with Crippen molar-refractivity contribution in [2.45, 2.75) is 197 Å². The van der Waals surface area contributed by atoms with Crippen molar-refractivity contribution in [2.24, 2.45) is 0 Å². The van der Waals surface area contributed by atoms with Gasteiger partial charge in [0.25, 0.3) is 0 Å². The Kier molecular flexibility index (Phi) is 32.6. The van der Waals surface area contributed by atoms with Gasteiger partial charge in [0, 0.05) is 37.2 Å². The summed E-state index contributed by atoms with van der Waals surface area (Å²) >= 11 is 6.42. The summed E-state index contributed by atoms with van der Waals surface area (Å²) in [6.07, 6.45) is 37.2. The molecule has 7 aliphatic rings. The standard InChI is InChI=1S/C16H23N4O3P.2C16H25N4O3P.C15H22ClN4O2P.C15H22FN4O2P.C15H23N4O4P/c1-24(2,3)7-5-16-8-22-12(13(16)21)15(23-16)20-9-19-11-10(17)4-6-18-14(11)20;1-16(6-8-24(2,3)4)13(22)12(21)15(23-16)20-9-19-11-10(17)5-7-18-14(11)20;1-16(22)13(21)11(6-8-24(2,3)4)23-15(16)20-9-19-12-10(17)5-7-18-14(12)20;2*1-23(2,3)7-5-10-13(21)11(16)15(22-10)20-8-19-12-9(17)4-6-18-14(12)20;1-24(2,3)7-5-10-12(20)15(21,22)14(23-10)19-8-18-11-9(16)4-6-17-13(11)19/h4,6,9,12-13,15,21H,1,5,7-8H2,2-3H3,(H2,17,18);5,7,9,12-13,15,21-22H,2,6,8H2,1,3-4H3,(H2,17,18);5,7,9,11,13,15,21-22H,2,6,8H2,1,3-4H3,(H2,17,18);2*4,6,8,10-11,13,15,21H,1,5,7H2,2-3H3,(H2,17,18);4,6,8,10,12,14,20-22H,1,5,7H2,2-3H3,(H2,16,17)/t12-,13+,15-,16+;12-,13+,15-,16-;11?,13-,15-,16-;2*10?,11-,13-,15-;10?,12-,14-/m111111/s1. The van der Waals surface area contributed by atoms with Crippen LogP contribution in [0.5, 0.6) is 0 Å². The van der Waals surface area contributed by atoms with Crippen molar-refractivity contribution < 1.29 is 88.6 Å². The second kappa shape index (κ2) is 42.2. The Hall–Kier alpha value is -8.14. The quantitative estimate of drug-likeness (QED) is 0.0162. The van der Waals surface area contributed by atoms with E-state index in [0.29, 0.717) is 133 Å². The monoisotopic (exact) mass is 2100 g/mol. The third-order valence-corrected chi connectivity index (χ3v) is 35.6. The molecule has 2 bridgehead atoms. The van der Waals surface area contributed by atoms with Gasteiger partial charge in [0.05, 0.1) is 109 Å². The first-order chi connectivity index (χ1) is 66.2. The number of ether oxygens (including phenoxy) is 7. The number of nitrogens with zero attached hydrogens (tertiary/aromatic N) is 18. The Morgan fingerprint density at radius 3 is 1.06 bits per heavy atom. The van der Waals surface area contributed by atoms with E-state index in [1.807, 2.05) is 11.5 Å². The van der Waals surface area contributed by atoms with Crippen molar-refractivity contribution in [3.8, 4) is 0 Å². The second-order valence-corrected chi connectivity index (χ2v) is 68.9. The first kappa shape index (κ1) is 110. The van der Waals surface area contributed by atoms with Gasteiger partial charge in [-0.25, -0.2) is 64.2 Å². The molecular formula is C93H140ClFN24O17P6. The first-order valence-electron chi connectivity index (χ1n) is 46.5. The molecule has 41 nitrogen and oxygen atoms in total. The van der Waals surface area contributed by atoms with Crippen LogP contribution in [0, 0.1) is 0 Å². The average Bonchev–Trinajstić information content (AvgIpc) is 1.57. The fourth-order valence-electron chi connectivity index (χ4n) is 18.0. The number of rotatable bonds is 24. The minimum absolute atomic E-state index is 0.304. The number of aliphatic hydroxyl groups is 10. The van der Waals surface area contributed by atoms with Crippen LogP contribution in [0.4, 0.5) is 38.5 Å². The van der Waals surface area contributed by atoms with E-state index >= 15 is 0 Å². The highest BCUT2D eigenvalue weighted by atomic mass is 35.5. The van der Waals surface area contributed by atoms with E-state index in [0.717, 1.165) is 49.8 Å². The van der Waals surface area contributed by atoms with Crippen LogP contribution in [-0.2, 0) is 33.2 Å². The van der Waals surface area contributed by atoms with Gasteiger partial charge in [0.15, 0.2) is 77.4 Å². The number of hydrogen-bond donors (Lipinski definition) is 16. The molecule has 0 radical (unpaired) electrons. The molecule has 4 unspecified atom stereocenters. The lowest BCUT2D eigenvalue weighted by Gasteiger charge is -2.32. The van der Waals surface area contributed by atoms with Gasteiger partial charge in [-0.2, -0.15) is 0 Å². The summed E-state index contributed by atoms with van der Waals surface area (Å²) in [6, 6.07) is 10.0. The summed E-state index contributed by atoms with van der Waals surface area (Å²) < 4.78 is 66.1. The van der Waals surface area contributed by atoms with Gasteiger partial charge in [-0.3, -0.25) is 27.4 Å². The normalized spacial score (nSPS) is 29.8. The predicted molar refractivity (Wildman–Crippen MR) is 575 cm³/mol. The van der Waals surface area contributed by atoms with Crippen molar-refractivity contribution in [1.82, 2.24) is 87.2 Å². The van der Waals surface area contributed by atoms with Gasteiger partial charge >= 0.3 is 0 Å². The molecule has 0 aromatic carbocycles. The number of imidazole rings is 6. The number of fused-ring (bicyclic) bond motifs is 8. The van der Waals surface area contributed by atoms with Crippen molar-refractivity contribution in [3.63, 3.8) is 0 Å². The maximum Gasteiger partial charge on any atom is 0.239 e. The molecule has 0 amide bonds. The number of hydrogen-bond acceptors (Lipinski definition) is 35. The maximum atomic E-state index is 14.6. The molecule has 19 heterocycles. The zero-order valence-corrected chi connectivity index (χ0v) is 88.8. The second-order valence-electron chi connectivity index (χ2n) is 42.5. The van der Waals surface area contributed by atoms with E-state index in [9.17, 15) is 55.5 Å². The minimum atomic E-state index is -2.45. The lowest BCUT2D eigenvalue weighted by molar-refractivity contribution is -0.247. The summed E-state index contributed by atoms with van der Waals surface area (Å²) in [5, 5.41) is 104. The molecule has 23 atom stereocenters. The zero-order chi connectivity index (χ0) is 104. The Bertz CT molecular complexity index is 6470. The molecule has 12 aromatic rings. The Labute approximate surface area is 829 Å². The Morgan fingerprint density at radius 2 is 0.676 bits per heavy atom. The van der Waals surface area contributed by atoms with Crippen molar-refractivity contribution in [2.75, 3.05) is 158 Å². The third-order valence-electron chi connectivity index (χ3n) is 26.4. The highest BCUT2D eigenvalue weighted by Gasteiger charge is 2.62. The van der Waals surface area contributed by atoms with Gasteiger partial charge in [-0.15, -0.1) is 90.7 Å². The zero-order valence-electron chi connectivity index (χ0n) is 82.7. The van der Waals surface area contributed by atoms with E-state index in [4.69, 9.17) is 79.2 Å². The fraction of sp³-hybridized carbons (Fsp3) is 0.548. The number of anilines is 6. The number of halogens is 2. The average molecular weight is 2110 g/mol. The van der Waals surface area contributed by atoms with Crippen LogP contribution in [0.15, 0.2) is 112 Å². The van der Waals surface area contributed by atoms with Crippen LogP contribution < -0.4 is 34.4 Å². The Balaban J connectivity index is 0.000000135. The molecule has 7 fully saturated rings. The highest BCUT2D eigenvalue weighted by Crippen LogP contribution is 2.53. The molecule has 12 aromatic heterocycles. The lowest BCUT2D eigenvalue weighted by Crippen LogP contribution is -2.46. The van der Waals surface area contributed by atoms with Crippen LogP contribution in [0.1, 0.15) is 89.7 Å². The van der Waals surface area contributed by atoms with Crippen LogP contribution in [0.25, 0.3) is 67.0 Å². The minimum Gasteiger partial charge on any atom is -0.397 e. The van der Waals surface area contributed by atoms with Gasteiger partial charge in [-0.1, -0.05) is 0 Å². The number of aromatic nitrogens is 18. The number of nitrogen functional groups attached to an aromatic ring is 6. The molecule has 0 spiro atoms. The molecule has 142 heavy (non-hydrogen) atoms. The van der Waals surface area contributed by atoms with E-state index in [2.05, 4.69) is 178 Å². The topological polar surface area (TPSA) is 607 Å². The number of alkyl halides is 2. The molecular weight excluding hydrogens is 1970 g/mol. The first-order valence-corrected chi connectivity index (χ1v) is 65.2. The maximum absolute atomic E-state index is 14.6. The SMILES string of the molecule is C=P(C)(C)CCC1O[C@@H](n2cnc3c(N)ccnc32)C(O)(O)[C@@H]1O.C=P(C)(C)CCC1O[C@@H](n2cnc3c(N)ccnc32)[C@H](Cl)[C@@H]1O.C=P(C)(C)CCC1O[C@@H](n2cnc3c(N)ccnc32)[C@H](F)[C@@H]1O.C=P(C)(C)CCC1O[C@@H](n2cnc3c(N)ccnc32)[C@](C)(O)[C@@H]1O.C=P(C)(C)CC[C@@]1(C)O[C@@H](n2cnc3c(N)ccnc32)[C@H](O)[C@@H]1O.C=P(C)(C)CC[C@@]12CO[C@@H]([C@H](n3cnc4c(N)ccnc43)O1)[C@@H]2O. The van der Waals surface area contributed by atoms with Gasteiger partial charge in [0.2, 0.25) is 5.79 Å². The van der Waals surface area contributed by atoms with E-state index in [1.165, 1.54) is 28.0 Å². The molecule has 778 valence electrons. The summed E-state index contributed by atoms with van der Waals surface area (Å²) in [4.78, 5) is 51.1. The number of nitrogens with two attached hydrogens (primary N) is 6. The molecule has 0 saturated carbocycles. The fourth-order valence-corrected chi connectivity index (χ4v) is 24.2. The lowest BCUT2D eigenvalue weighted by atomic mass is 9.95. The van der Waals surface area contributed by atoms with Gasteiger partial charge in [-0.05, 0) is 206 Å². The van der Waals surface area contributed by atoms with Crippen molar-refractivity contribution in [3.05, 3.63) is 112 Å². The smallest absolute Gasteiger partial charge is 0.239 e. The van der Waals surface area contributed by atoms with E-state index in [-0.39, 0.29) is 6.10 Å². The third kappa shape index (κ3) is 23.8. The molecule has 22 N–H and O–H groups in total. The predicted octanol–water partition coefficient (Wildman–Crippen LogP) is 7.12. The molecule has 7 aliphatic heterocycles. The molecule has 0 aliphatic carbocycles. The van der Waals surface area contributed by atoms with Gasteiger partial charge < -0.3 is 119 Å². The van der Waals surface area contributed by atoms with Crippen molar-refractivity contribution in [1.29, 1.82) is 0 Å². The van der Waals surface area contributed by atoms with Crippen LogP contribution in [0.2, 0.25) is 0 Å². The van der Waals surface area contributed by atoms with Crippen LogP contribution in [-0.4, -0.2) is 407 Å². The Morgan fingerprint density at radius 1 is 0.366 bits per heavy atom. The summed E-state index contributed by atoms with van der Waals surface area (Å²) in [6.45, 7) is 22.0. The largest absolute Gasteiger partial charge is 0.397 e. The highest BCUT2D eigenvalue weighted by molar-refractivity contribution is 7.73.